The molecule has 0 radical (unpaired) electrons. The number of piperidine rings is 1. The van der Waals surface area contributed by atoms with Crippen LogP contribution >= 0.6 is 0 Å². The summed E-state index contributed by atoms with van der Waals surface area (Å²) in [6, 6.07) is 8.94. The summed E-state index contributed by atoms with van der Waals surface area (Å²) < 4.78 is 0. The maximum Gasteiger partial charge on any atom is 0.325 e. The molecule has 0 saturated carbocycles. The van der Waals surface area contributed by atoms with Crippen LogP contribution in [0.25, 0.3) is 0 Å². The third kappa shape index (κ3) is 3.96. The standard InChI is InChI=1S/C19H26N2O3/c22-17-7-4-11-20(17)12-8-15-9-13-21(14-10-15)18(19(23)24)16-5-2-1-3-6-16/h1-3,5-6,15,18H,4,7-14H2,(H,23,24)/t18-/m1/s1. The highest BCUT2D eigenvalue weighted by Gasteiger charge is 2.31. The number of amides is 1. The van der Waals surface area contributed by atoms with Crippen LogP contribution in [0.5, 0.6) is 0 Å². The predicted octanol–water partition coefficient (Wildman–Crippen LogP) is 2.54. The average molecular weight is 330 g/mol. The fourth-order valence-electron chi connectivity index (χ4n) is 3.92. The molecule has 1 N–H and O–H groups in total. The van der Waals surface area contributed by atoms with E-state index in [1.165, 1.54) is 0 Å². The van der Waals surface area contributed by atoms with Crippen molar-refractivity contribution in [2.75, 3.05) is 26.2 Å². The Morgan fingerprint density at radius 3 is 2.46 bits per heavy atom. The van der Waals surface area contributed by atoms with E-state index in [9.17, 15) is 14.7 Å². The second-order valence-corrected chi connectivity index (χ2v) is 6.90. The molecule has 0 unspecified atom stereocenters. The molecule has 24 heavy (non-hydrogen) atoms. The van der Waals surface area contributed by atoms with Crippen LogP contribution in [0.4, 0.5) is 0 Å². The second kappa shape index (κ2) is 7.79. The number of nitrogens with zero attached hydrogens (tertiary/aromatic N) is 2. The number of benzene rings is 1. The first-order chi connectivity index (χ1) is 11.6. The zero-order valence-corrected chi connectivity index (χ0v) is 14.1. The van der Waals surface area contributed by atoms with E-state index in [1.807, 2.05) is 35.2 Å². The van der Waals surface area contributed by atoms with Crippen molar-refractivity contribution in [3.05, 3.63) is 35.9 Å². The highest BCUT2D eigenvalue weighted by Crippen LogP contribution is 2.29. The Labute approximate surface area is 143 Å². The molecule has 1 atom stereocenters. The molecule has 1 aromatic rings. The van der Waals surface area contributed by atoms with Gasteiger partial charge in [-0.05, 0) is 50.3 Å². The van der Waals surface area contributed by atoms with Crippen molar-refractivity contribution in [1.29, 1.82) is 0 Å². The van der Waals surface area contributed by atoms with E-state index in [2.05, 4.69) is 4.90 Å². The fourth-order valence-corrected chi connectivity index (χ4v) is 3.92. The minimum atomic E-state index is -0.776. The van der Waals surface area contributed by atoms with Gasteiger partial charge in [-0.2, -0.15) is 0 Å². The minimum absolute atomic E-state index is 0.294. The summed E-state index contributed by atoms with van der Waals surface area (Å²) in [5.74, 6) is 0.115. The van der Waals surface area contributed by atoms with Crippen molar-refractivity contribution >= 4 is 11.9 Å². The van der Waals surface area contributed by atoms with Gasteiger partial charge in [0.1, 0.15) is 6.04 Å². The SMILES string of the molecule is O=C(O)[C@@H](c1ccccc1)N1CCC(CCN2CCCC2=O)CC1. The van der Waals surface area contributed by atoms with Gasteiger partial charge in [-0.1, -0.05) is 30.3 Å². The average Bonchev–Trinajstić information content (AvgIpc) is 3.00. The lowest BCUT2D eigenvalue weighted by atomic mass is 9.91. The third-order valence-corrected chi connectivity index (χ3v) is 5.34. The van der Waals surface area contributed by atoms with E-state index in [4.69, 9.17) is 0 Å². The molecule has 0 spiro atoms. The van der Waals surface area contributed by atoms with Gasteiger partial charge in [-0.3, -0.25) is 14.5 Å². The minimum Gasteiger partial charge on any atom is -0.480 e. The Morgan fingerprint density at radius 1 is 1.17 bits per heavy atom. The van der Waals surface area contributed by atoms with Crippen LogP contribution < -0.4 is 0 Å². The quantitative estimate of drug-likeness (QED) is 0.871. The summed E-state index contributed by atoms with van der Waals surface area (Å²) in [6.07, 6.45) is 4.77. The van der Waals surface area contributed by atoms with Crippen LogP contribution in [0.15, 0.2) is 30.3 Å². The van der Waals surface area contributed by atoms with E-state index in [0.29, 0.717) is 18.2 Å². The summed E-state index contributed by atoms with van der Waals surface area (Å²) in [7, 11) is 0. The Bertz CT molecular complexity index is 567. The Kier molecular flexibility index (Phi) is 5.51. The molecule has 2 aliphatic rings. The molecule has 3 rings (SSSR count). The molecular weight excluding hydrogens is 304 g/mol. The zero-order chi connectivity index (χ0) is 16.9. The number of carbonyl (C=O) groups excluding carboxylic acids is 1. The molecular formula is C19H26N2O3. The number of carboxylic acid groups (broad SMARTS) is 1. The fraction of sp³-hybridized carbons (Fsp3) is 0.579. The lowest BCUT2D eigenvalue weighted by Crippen LogP contribution is -2.40. The lowest BCUT2D eigenvalue weighted by Gasteiger charge is -2.36. The summed E-state index contributed by atoms with van der Waals surface area (Å²) in [4.78, 5) is 27.5. The van der Waals surface area contributed by atoms with Gasteiger partial charge in [0.2, 0.25) is 5.91 Å². The van der Waals surface area contributed by atoms with Gasteiger partial charge < -0.3 is 10.0 Å². The molecule has 5 nitrogen and oxygen atoms in total. The molecule has 0 aliphatic carbocycles. The van der Waals surface area contributed by atoms with Crippen molar-refractivity contribution in [2.45, 2.75) is 38.1 Å². The lowest BCUT2D eigenvalue weighted by molar-refractivity contribution is -0.144. The van der Waals surface area contributed by atoms with Gasteiger partial charge in [-0.25, -0.2) is 0 Å². The number of hydrogen-bond acceptors (Lipinski definition) is 3. The van der Waals surface area contributed by atoms with E-state index < -0.39 is 12.0 Å². The van der Waals surface area contributed by atoms with Gasteiger partial charge in [-0.15, -0.1) is 0 Å². The maximum absolute atomic E-state index is 11.7. The van der Waals surface area contributed by atoms with Gasteiger partial charge in [0.25, 0.3) is 0 Å². The molecule has 0 aromatic heterocycles. The second-order valence-electron chi connectivity index (χ2n) is 6.90. The highest BCUT2D eigenvalue weighted by molar-refractivity contribution is 5.78. The summed E-state index contributed by atoms with van der Waals surface area (Å²) in [5.41, 5.74) is 0.853. The first-order valence-corrected chi connectivity index (χ1v) is 8.94. The van der Waals surface area contributed by atoms with Crippen LogP contribution in [-0.2, 0) is 9.59 Å². The van der Waals surface area contributed by atoms with E-state index in [1.54, 1.807) is 0 Å². The third-order valence-electron chi connectivity index (χ3n) is 5.34. The van der Waals surface area contributed by atoms with Gasteiger partial charge in [0.15, 0.2) is 0 Å². The smallest absolute Gasteiger partial charge is 0.325 e. The van der Waals surface area contributed by atoms with Crippen LogP contribution in [0.2, 0.25) is 0 Å². The van der Waals surface area contributed by atoms with Gasteiger partial charge in [0, 0.05) is 19.5 Å². The van der Waals surface area contributed by atoms with Gasteiger partial charge >= 0.3 is 5.97 Å². The molecule has 1 aromatic carbocycles. The van der Waals surface area contributed by atoms with Crippen molar-refractivity contribution in [3.63, 3.8) is 0 Å². The van der Waals surface area contributed by atoms with E-state index in [-0.39, 0.29) is 0 Å². The first-order valence-electron chi connectivity index (χ1n) is 8.94. The van der Waals surface area contributed by atoms with Gasteiger partial charge in [0.05, 0.1) is 0 Å². The Hall–Kier alpha value is -1.88. The number of hydrogen-bond donors (Lipinski definition) is 1. The summed E-state index contributed by atoms with van der Waals surface area (Å²) >= 11 is 0. The number of carbonyl (C=O) groups is 2. The maximum atomic E-state index is 11.7. The molecule has 0 bridgehead atoms. The number of carboxylic acids is 1. The van der Waals surface area contributed by atoms with Crippen LogP contribution in [0, 0.1) is 5.92 Å². The van der Waals surface area contributed by atoms with Crippen LogP contribution in [0.1, 0.15) is 43.7 Å². The normalized spacial score (nSPS) is 21.2. The van der Waals surface area contributed by atoms with Crippen molar-refractivity contribution in [3.8, 4) is 0 Å². The highest BCUT2D eigenvalue weighted by atomic mass is 16.4. The predicted molar refractivity (Wildman–Crippen MR) is 91.5 cm³/mol. The molecule has 2 aliphatic heterocycles. The first kappa shape index (κ1) is 17.0. The number of rotatable bonds is 6. The molecule has 130 valence electrons. The Morgan fingerprint density at radius 2 is 1.88 bits per heavy atom. The van der Waals surface area contributed by atoms with E-state index in [0.717, 1.165) is 57.4 Å². The monoisotopic (exact) mass is 330 g/mol. The molecule has 5 heteroatoms. The zero-order valence-electron chi connectivity index (χ0n) is 14.1. The molecule has 1 amide bonds. The number of aliphatic carboxylic acids is 1. The Balaban J connectivity index is 1.52. The summed E-state index contributed by atoms with van der Waals surface area (Å²) in [5, 5.41) is 9.64. The van der Waals surface area contributed by atoms with E-state index >= 15 is 0 Å². The molecule has 2 heterocycles. The summed E-state index contributed by atoms with van der Waals surface area (Å²) in [6.45, 7) is 3.40. The van der Waals surface area contributed by atoms with Crippen molar-refractivity contribution in [1.82, 2.24) is 9.80 Å². The molecule has 2 saturated heterocycles. The van der Waals surface area contributed by atoms with Crippen molar-refractivity contribution in [2.24, 2.45) is 5.92 Å². The molecule has 2 fully saturated rings. The van der Waals surface area contributed by atoms with Crippen LogP contribution in [-0.4, -0.2) is 53.0 Å². The number of likely N-dealkylation sites (tertiary alicyclic amines) is 2. The topological polar surface area (TPSA) is 60.9 Å². The van der Waals surface area contributed by atoms with Crippen molar-refractivity contribution < 1.29 is 14.7 Å². The van der Waals surface area contributed by atoms with Crippen LogP contribution in [0.3, 0.4) is 0 Å². The largest absolute Gasteiger partial charge is 0.480 e.